The Bertz CT molecular complexity index is 684. The molecule has 26 heavy (non-hydrogen) atoms. The standard InChI is InChI=1S/C19H25FN4O.ClH/c1-2-13-23(15-16-4-6-17(20)7-5-16)18(25)19(8-11-21-12-9-19)24-14-3-10-22-24;/h3-7,10,14,21H,2,8-9,11-13,15H2,1H3;1H. The van der Waals surface area contributed by atoms with Crippen molar-refractivity contribution in [2.24, 2.45) is 0 Å². The van der Waals surface area contributed by atoms with Gasteiger partial charge in [-0.2, -0.15) is 5.10 Å². The fourth-order valence-corrected chi connectivity index (χ4v) is 3.53. The maximum absolute atomic E-state index is 13.5. The number of nitrogens with zero attached hydrogens (tertiary/aromatic N) is 3. The average molecular weight is 381 g/mol. The lowest BCUT2D eigenvalue weighted by atomic mass is 9.86. The van der Waals surface area contributed by atoms with Gasteiger partial charge < -0.3 is 10.2 Å². The SMILES string of the molecule is CCCN(Cc1ccc(F)cc1)C(=O)C1(n2cccn2)CCNCC1.Cl. The molecule has 0 spiro atoms. The van der Waals surface area contributed by atoms with Crippen LogP contribution in [-0.2, 0) is 16.9 Å². The minimum absolute atomic E-state index is 0. The zero-order valence-corrected chi connectivity index (χ0v) is 15.8. The van der Waals surface area contributed by atoms with Gasteiger partial charge in [0.2, 0.25) is 0 Å². The molecule has 0 saturated carbocycles. The van der Waals surface area contributed by atoms with Crippen LogP contribution in [0.5, 0.6) is 0 Å². The second-order valence-electron chi connectivity index (χ2n) is 6.59. The monoisotopic (exact) mass is 380 g/mol. The van der Waals surface area contributed by atoms with Crippen LogP contribution < -0.4 is 5.32 Å². The number of rotatable bonds is 6. The number of amides is 1. The van der Waals surface area contributed by atoms with E-state index in [1.165, 1.54) is 12.1 Å². The van der Waals surface area contributed by atoms with Crippen molar-refractivity contribution in [1.29, 1.82) is 0 Å². The summed E-state index contributed by atoms with van der Waals surface area (Å²) in [6.45, 7) is 4.81. The van der Waals surface area contributed by atoms with Crippen LogP contribution in [-0.4, -0.2) is 40.2 Å². The zero-order valence-electron chi connectivity index (χ0n) is 15.0. The molecule has 1 amide bonds. The molecule has 1 aromatic carbocycles. The van der Waals surface area contributed by atoms with Gasteiger partial charge in [-0.25, -0.2) is 4.39 Å². The highest BCUT2D eigenvalue weighted by Crippen LogP contribution is 2.30. The van der Waals surface area contributed by atoms with Gasteiger partial charge in [0.05, 0.1) is 0 Å². The van der Waals surface area contributed by atoms with Crippen LogP contribution in [0.15, 0.2) is 42.7 Å². The molecule has 2 aromatic rings. The van der Waals surface area contributed by atoms with Crippen molar-refractivity contribution < 1.29 is 9.18 Å². The smallest absolute Gasteiger partial charge is 0.250 e. The van der Waals surface area contributed by atoms with E-state index >= 15 is 0 Å². The van der Waals surface area contributed by atoms with E-state index in [0.717, 1.165) is 37.9 Å². The number of benzene rings is 1. The first-order valence-corrected chi connectivity index (χ1v) is 8.90. The van der Waals surface area contributed by atoms with Crippen LogP contribution in [0.25, 0.3) is 0 Å². The van der Waals surface area contributed by atoms with Gasteiger partial charge in [0.15, 0.2) is 0 Å². The lowest BCUT2D eigenvalue weighted by molar-refractivity contribution is -0.144. The number of aromatic nitrogens is 2. The summed E-state index contributed by atoms with van der Waals surface area (Å²) in [5.74, 6) is -0.160. The maximum Gasteiger partial charge on any atom is 0.250 e. The van der Waals surface area contributed by atoms with E-state index in [0.29, 0.717) is 13.1 Å². The Hall–Kier alpha value is -1.92. The highest BCUT2D eigenvalue weighted by atomic mass is 35.5. The van der Waals surface area contributed by atoms with Gasteiger partial charge >= 0.3 is 0 Å². The Kier molecular flexibility index (Phi) is 7.17. The van der Waals surface area contributed by atoms with Crippen LogP contribution in [0.3, 0.4) is 0 Å². The zero-order chi connectivity index (χ0) is 17.7. The highest BCUT2D eigenvalue weighted by molar-refractivity contribution is 5.85. The second-order valence-corrected chi connectivity index (χ2v) is 6.59. The van der Waals surface area contributed by atoms with Crippen LogP contribution in [0.2, 0.25) is 0 Å². The Morgan fingerprint density at radius 3 is 2.58 bits per heavy atom. The summed E-state index contributed by atoms with van der Waals surface area (Å²) in [4.78, 5) is 15.4. The molecule has 1 fully saturated rings. The van der Waals surface area contributed by atoms with E-state index in [2.05, 4.69) is 17.3 Å². The summed E-state index contributed by atoms with van der Waals surface area (Å²) in [7, 11) is 0. The lowest BCUT2D eigenvalue weighted by Crippen LogP contribution is -2.55. The van der Waals surface area contributed by atoms with Crippen LogP contribution in [0.4, 0.5) is 4.39 Å². The van der Waals surface area contributed by atoms with E-state index < -0.39 is 5.54 Å². The largest absolute Gasteiger partial charge is 0.336 e. The Labute approximate surface area is 160 Å². The van der Waals surface area contributed by atoms with Crippen LogP contribution >= 0.6 is 12.4 Å². The third-order valence-corrected chi connectivity index (χ3v) is 4.84. The topological polar surface area (TPSA) is 50.2 Å². The molecule has 1 saturated heterocycles. The first-order chi connectivity index (χ1) is 12.2. The summed E-state index contributed by atoms with van der Waals surface area (Å²) in [6, 6.07) is 8.24. The van der Waals surface area contributed by atoms with Crippen molar-refractivity contribution in [1.82, 2.24) is 20.0 Å². The number of halogens is 2. The summed E-state index contributed by atoms with van der Waals surface area (Å²) >= 11 is 0. The summed E-state index contributed by atoms with van der Waals surface area (Å²) < 4.78 is 15.0. The molecule has 0 radical (unpaired) electrons. The van der Waals surface area contributed by atoms with Gasteiger partial charge in [0.1, 0.15) is 11.4 Å². The minimum Gasteiger partial charge on any atom is -0.336 e. The maximum atomic E-state index is 13.5. The third-order valence-electron chi connectivity index (χ3n) is 4.84. The number of hydrogen-bond donors (Lipinski definition) is 1. The van der Waals surface area contributed by atoms with Crippen molar-refractivity contribution in [3.63, 3.8) is 0 Å². The van der Waals surface area contributed by atoms with E-state index in [4.69, 9.17) is 0 Å². The summed E-state index contributed by atoms with van der Waals surface area (Å²) in [5, 5.41) is 7.72. The van der Waals surface area contributed by atoms with Crippen molar-refractivity contribution >= 4 is 18.3 Å². The highest BCUT2D eigenvalue weighted by Gasteiger charge is 2.44. The summed E-state index contributed by atoms with van der Waals surface area (Å²) in [6.07, 6.45) is 5.92. The number of piperidine rings is 1. The van der Waals surface area contributed by atoms with Gasteiger partial charge in [-0.1, -0.05) is 19.1 Å². The van der Waals surface area contributed by atoms with Gasteiger partial charge in [-0.15, -0.1) is 12.4 Å². The third kappa shape index (κ3) is 4.24. The van der Waals surface area contributed by atoms with Crippen molar-refractivity contribution in [3.05, 3.63) is 54.1 Å². The number of hydrogen-bond acceptors (Lipinski definition) is 3. The van der Waals surface area contributed by atoms with E-state index in [1.54, 1.807) is 18.3 Å². The predicted octanol–water partition coefficient (Wildman–Crippen LogP) is 2.96. The summed E-state index contributed by atoms with van der Waals surface area (Å²) in [5.41, 5.74) is 0.303. The molecule has 0 aliphatic carbocycles. The van der Waals surface area contributed by atoms with Crippen molar-refractivity contribution in [2.45, 2.75) is 38.3 Å². The first-order valence-electron chi connectivity index (χ1n) is 8.90. The van der Waals surface area contributed by atoms with E-state index in [9.17, 15) is 9.18 Å². The van der Waals surface area contributed by atoms with Gasteiger partial charge in [0.25, 0.3) is 5.91 Å². The number of carbonyl (C=O) groups is 1. The number of carbonyl (C=O) groups excluding carboxylic acids is 1. The van der Waals surface area contributed by atoms with E-state index in [-0.39, 0.29) is 24.1 Å². The molecular formula is C19H26ClFN4O. The van der Waals surface area contributed by atoms with Crippen molar-refractivity contribution in [3.8, 4) is 0 Å². The lowest BCUT2D eigenvalue weighted by Gasteiger charge is -2.40. The van der Waals surface area contributed by atoms with Gasteiger partial charge in [-0.05, 0) is 56.1 Å². The molecule has 5 nitrogen and oxygen atoms in total. The second kappa shape index (κ2) is 9.14. The Morgan fingerprint density at radius 1 is 1.31 bits per heavy atom. The molecule has 2 heterocycles. The van der Waals surface area contributed by atoms with Crippen LogP contribution in [0.1, 0.15) is 31.7 Å². The molecule has 0 atom stereocenters. The molecule has 1 aliphatic rings. The van der Waals surface area contributed by atoms with Gasteiger partial charge in [-0.3, -0.25) is 9.48 Å². The molecule has 7 heteroatoms. The molecule has 142 valence electrons. The molecule has 1 N–H and O–H groups in total. The molecule has 3 rings (SSSR count). The molecule has 0 bridgehead atoms. The van der Waals surface area contributed by atoms with Gasteiger partial charge in [0, 0.05) is 25.5 Å². The predicted molar refractivity (Wildman–Crippen MR) is 102 cm³/mol. The average Bonchev–Trinajstić information content (AvgIpc) is 3.18. The first kappa shape index (κ1) is 20.4. The quantitative estimate of drug-likeness (QED) is 0.838. The minimum atomic E-state index is -0.635. The van der Waals surface area contributed by atoms with Crippen molar-refractivity contribution in [2.75, 3.05) is 19.6 Å². The fraction of sp³-hybridized carbons (Fsp3) is 0.474. The van der Waals surface area contributed by atoms with Crippen LogP contribution in [0, 0.1) is 5.82 Å². The fourth-order valence-electron chi connectivity index (χ4n) is 3.53. The molecule has 0 unspecified atom stereocenters. The normalized spacial score (nSPS) is 15.9. The molecule has 1 aromatic heterocycles. The number of nitrogens with one attached hydrogen (secondary N) is 1. The van der Waals surface area contributed by atoms with E-state index in [1.807, 2.05) is 21.8 Å². The Balaban J connectivity index is 0.00000243. The molecular weight excluding hydrogens is 355 g/mol. The Morgan fingerprint density at radius 2 is 2.00 bits per heavy atom. The molecule has 1 aliphatic heterocycles.